The van der Waals surface area contributed by atoms with Crippen molar-refractivity contribution in [2.75, 3.05) is 75.8 Å². The number of anilines is 2. The topological polar surface area (TPSA) is 87.0 Å². The van der Waals surface area contributed by atoms with Crippen LogP contribution in [0.4, 0.5) is 17.3 Å². The van der Waals surface area contributed by atoms with Crippen molar-refractivity contribution in [2.45, 2.75) is 13.5 Å². The van der Waals surface area contributed by atoms with E-state index in [4.69, 9.17) is 4.74 Å². The summed E-state index contributed by atoms with van der Waals surface area (Å²) in [5.41, 5.74) is 2.64. The van der Waals surface area contributed by atoms with Gasteiger partial charge in [0.25, 0.3) is 0 Å². The Hall–Kier alpha value is -2.75. The lowest BCUT2D eigenvalue weighted by atomic mass is 10.1. The lowest BCUT2D eigenvalue weighted by molar-refractivity contribution is -0.384. The fraction of sp³-hybridized carbons (Fsp3) is 0.522. The van der Waals surface area contributed by atoms with Crippen molar-refractivity contribution in [1.29, 1.82) is 0 Å². The molecule has 172 valence electrons. The number of nitrogens with one attached hydrogen (secondary N) is 1. The van der Waals surface area contributed by atoms with Crippen molar-refractivity contribution in [2.24, 2.45) is 0 Å². The zero-order chi connectivity index (χ0) is 22.3. The highest BCUT2D eigenvalue weighted by Crippen LogP contribution is 2.26. The minimum Gasteiger partial charge on any atom is -0.379 e. The first-order chi connectivity index (χ1) is 15.6. The molecule has 0 saturated carbocycles. The molecule has 2 aliphatic rings. The Morgan fingerprint density at radius 3 is 2.56 bits per heavy atom. The first-order valence-corrected chi connectivity index (χ1v) is 11.3. The smallest absolute Gasteiger partial charge is 0.311 e. The van der Waals surface area contributed by atoms with Gasteiger partial charge in [-0.1, -0.05) is 29.8 Å². The van der Waals surface area contributed by atoms with E-state index in [0.29, 0.717) is 12.4 Å². The number of benzene rings is 1. The molecule has 0 radical (unpaired) electrons. The van der Waals surface area contributed by atoms with E-state index in [9.17, 15) is 10.1 Å². The van der Waals surface area contributed by atoms with Crippen LogP contribution in [0, 0.1) is 17.0 Å². The number of nitrogens with zero attached hydrogens (tertiary/aromatic N) is 5. The summed E-state index contributed by atoms with van der Waals surface area (Å²) in [6.07, 6.45) is 0. The summed E-state index contributed by atoms with van der Waals surface area (Å²) < 4.78 is 5.37. The summed E-state index contributed by atoms with van der Waals surface area (Å²) in [6, 6.07) is 12.0. The molecular weight excluding hydrogens is 408 g/mol. The number of ether oxygens (including phenoxy) is 1. The molecule has 2 fully saturated rings. The third-order valence-electron chi connectivity index (χ3n) is 6.07. The van der Waals surface area contributed by atoms with Crippen LogP contribution in [0.2, 0.25) is 0 Å². The van der Waals surface area contributed by atoms with E-state index < -0.39 is 0 Å². The Morgan fingerprint density at radius 2 is 1.84 bits per heavy atom. The number of rotatable bonds is 8. The van der Waals surface area contributed by atoms with E-state index in [0.717, 1.165) is 71.4 Å². The molecule has 1 aromatic carbocycles. The molecule has 2 aromatic rings. The number of pyridine rings is 1. The number of hydrogen-bond acceptors (Lipinski definition) is 8. The predicted octanol–water partition coefficient (Wildman–Crippen LogP) is 2.36. The summed E-state index contributed by atoms with van der Waals surface area (Å²) >= 11 is 0. The van der Waals surface area contributed by atoms with Crippen LogP contribution in [0.3, 0.4) is 0 Å². The first-order valence-electron chi connectivity index (χ1n) is 11.3. The number of aryl methyl sites for hydroxylation is 1. The van der Waals surface area contributed by atoms with Crippen molar-refractivity contribution >= 4 is 17.3 Å². The molecule has 0 spiro atoms. The maximum atomic E-state index is 11.5. The van der Waals surface area contributed by atoms with Gasteiger partial charge in [0.05, 0.1) is 18.1 Å². The van der Waals surface area contributed by atoms with Gasteiger partial charge in [-0.05, 0) is 18.6 Å². The largest absolute Gasteiger partial charge is 0.379 e. The first kappa shape index (κ1) is 22.4. The molecule has 0 amide bonds. The van der Waals surface area contributed by atoms with Crippen LogP contribution in [-0.4, -0.2) is 85.3 Å². The molecule has 3 heterocycles. The summed E-state index contributed by atoms with van der Waals surface area (Å²) in [6.45, 7) is 11.3. The molecule has 0 aliphatic carbocycles. The van der Waals surface area contributed by atoms with Crippen LogP contribution in [0.25, 0.3) is 0 Å². The molecule has 1 N–H and O–H groups in total. The number of morpholine rings is 1. The summed E-state index contributed by atoms with van der Waals surface area (Å²) in [4.78, 5) is 22.7. The Labute approximate surface area is 189 Å². The highest BCUT2D eigenvalue weighted by molar-refractivity contribution is 5.61. The van der Waals surface area contributed by atoms with Gasteiger partial charge in [0.15, 0.2) is 0 Å². The molecule has 0 unspecified atom stereocenters. The Balaban J connectivity index is 1.34. The average molecular weight is 441 g/mol. The Kier molecular flexibility index (Phi) is 7.51. The van der Waals surface area contributed by atoms with Gasteiger partial charge in [-0.25, -0.2) is 4.98 Å². The van der Waals surface area contributed by atoms with E-state index in [1.54, 1.807) is 12.1 Å². The number of aromatic nitrogens is 1. The minimum atomic E-state index is -0.367. The third-order valence-corrected chi connectivity index (χ3v) is 6.07. The van der Waals surface area contributed by atoms with Crippen molar-refractivity contribution < 1.29 is 9.66 Å². The van der Waals surface area contributed by atoms with Crippen molar-refractivity contribution in [3.8, 4) is 0 Å². The van der Waals surface area contributed by atoms with Gasteiger partial charge in [-0.15, -0.1) is 0 Å². The second-order valence-corrected chi connectivity index (χ2v) is 8.43. The van der Waals surface area contributed by atoms with Gasteiger partial charge < -0.3 is 15.0 Å². The fourth-order valence-corrected chi connectivity index (χ4v) is 4.26. The molecule has 4 rings (SSSR count). The van der Waals surface area contributed by atoms with Gasteiger partial charge >= 0.3 is 5.69 Å². The maximum absolute atomic E-state index is 11.5. The fourth-order valence-electron chi connectivity index (χ4n) is 4.26. The second-order valence-electron chi connectivity index (χ2n) is 8.43. The number of hydrogen-bond donors (Lipinski definition) is 1. The van der Waals surface area contributed by atoms with E-state index >= 15 is 0 Å². The predicted molar refractivity (Wildman–Crippen MR) is 125 cm³/mol. The minimum absolute atomic E-state index is 0.0220. The maximum Gasteiger partial charge on any atom is 0.311 e. The van der Waals surface area contributed by atoms with Gasteiger partial charge in [-0.2, -0.15) is 0 Å². The molecule has 0 atom stereocenters. The number of nitro groups is 1. The molecule has 2 saturated heterocycles. The molecule has 0 bridgehead atoms. The van der Waals surface area contributed by atoms with E-state index in [1.807, 2.05) is 0 Å². The van der Waals surface area contributed by atoms with E-state index in [-0.39, 0.29) is 10.6 Å². The molecule has 9 heteroatoms. The molecule has 2 aliphatic heterocycles. The van der Waals surface area contributed by atoms with Crippen LogP contribution in [-0.2, 0) is 11.3 Å². The third kappa shape index (κ3) is 5.93. The van der Waals surface area contributed by atoms with Gasteiger partial charge in [-0.3, -0.25) is 19.9 Å². The van der Waals surface area contributed by atoms with Crippen molar-refractivity contribution in [3.63, 3.8) is 0 Å². The highest BCUT2D eigenvalue weighted by atomic mass is 16.6. The van der Waals surface area contributed by atoms with Crippen LogP contribution in [0.5, 0.6) is 0 Å². The van der Waals surface area contributed by atoms with E-state index in [1.165, 1.54) is 11.1 Å². The quantitative estimate of drug-likeness (QED) is 0.495. The zero-order valence-corrected chi connectivity index (χ0v) is 18.7. The molecular formula is C23H32N6O3. The van der Waals surface area contributed by atoms with Gasteiger partial charge in [0, 0.05) is 65.0 Å². The molecule has 1 aromatic heterocycles. The SMILES string of the molecule is Cc1cccc(CN2CCN(c3ccc([N+](=O)[O-])c(NCCN4CCOCC4)n3)CC2)c1. The summed E-state index contributed by atoms with van der Waals surface area (Å²) in [5.74, 6) is 1.14. The van der Waals surface area contributed by atoms with Crippen LogP contribution >= 0.6 is 0 Å². The highest BCUT2D eigenvalue weighted by Gasteiger charge is 2.22. The molecule has 32 heavy (non-hydrogen) atoms. The summed E-state index contributed by atoms with van der Waals surface area (Å²) in [5, 5.41) is 14.7. The monoisotopic (exact) mass is 440 g/mol. The van der Waals surface area contributed by atoms with Gasteiger partial charge in [0.1, 0.15) is 5.82 Å². The van der Waals surface area contributed by atoms with Crippen LogP contribution < -0.4 is 10.2 Å². The lowest BCUT2D eigenvalue weighted by Crippen LogP contribution is -2.46. The van der Waals surface area contributed by atoms with Crippen molar-refractivity contribution in [3.05, 3.63) is 57.6 Å². The second kappa shape index (κ2) is 10.7. The number of piperazine rings is 1. The van der Waals surface area contributed by atoms with Gasteiger partial charge in [0.2, 0.25) is 5.82 Å². The Bertz CT molecular complexity index is 910. The average Bonchev–Trinajstić information content (AvgIpc) is 2.80. The van der Waals surface area contributed by atoms with Crippen LogP contribution in [0.15, 0.2) is 36.4 Å². The summed E-state index contributed by atoms with van der Waals surface area (Å²) in [7, 11) is 0. The normalized spacial score (nSPS) is 18.0. The van der Waals surface area contributed by atoms with Crippen molar-refractivity contribution in [1.82, 2.24) is 14.8 Å². The van der Waals surface area contributed by atoms with Crippen LogP contribution in [0.1, 0.15) is 11.1 Å². The molecule has 9 nitrogen and oxygen atoms in total. The zero-order valence-electron chi connectivity index (χ0n) is 18.7. The standard InChI is InChI=1S/C23H32N6O3/c1-19-3-2-4-20(17-19)18-27-9-11-28(12-10-27)22-6-5-21(29(30)31)23(25-22)24-7-8-26-13-15-32-16-14-26/h2-6,17H,7-16,18H2,1H3,(H,24,25). The lowest BCUT2D eigenvalue weighted by Gasteiger charge is -2.35. The van der Waals surface area contributed by atoms with E-state index in [2.05, 4.69) is 56.2 Å². The Morgan fingerprint density at radius 1 is 1.06 bits per heavy atom.